The molecule has 5 heteroatoms. The molecular formula is C13H16BrNO3. The third-order valence-corrected chi connectivity index (χ3v) is 3.18. The highest BCUT2D eigenvalue weighted by Gasteiger charge is 2.12. The molecule has 1 atom stereocenters. The van der Waals surface area contributed by atoms with Crippen molar-refractivity contribution in [1.29, 1.82) is 0 Å². The summed E-state index contributed by atoms with van der Waals surface area (Å²) in [6, 6.07) is 5.72. The van der Waals surface area contributed by atoms with Gasteiger partial charge < -0.3 is 10.4 Å². The Kier molecular flexibility index (Phi) is 5.34. The van der Waals surface area contributed by atoms with E-state index in [0.29, 0.717) is 0 Å². The highest BCUT2D eigenvalue weighted by molar-refractivity contribution is 9.10. The Balaban J connectivity index is 2.52. The van der Waals surface area contributed by atoms with Gasteiger partial charge >= 0.3 is 5.97 Å². The van der Waals surface area contributed by atoms with Gasteiger partial charge in [0, 0.05) is 11.0 Å². The van der Waals surface area contributed by atoms with Gasteiger partial charge in [-0.3, -0.25) is 9.59 Å². The molecule has 0 aromatic heterocycles. The molecule has 2 N–H and O–H groups in total. The van der Waals surface area contributed by atoms with Crippen molar-refractivity contribution in [2.24, 2.45) is 5.92 Å². The van der Waals surface area contributed by atoms with Crippen molar-refractivity contribution in [1.82, 2.24) is 5.32 Å². The van der Waals surface area contributed by atoms with Gasteiger partial charge in [-0.2, -0.15) is 0 Å². The van der Waals surface area contributed by atoms with Crippen molar-refractivity contribution in [2.45, 2.75) is 20.3 Å². The van der Waals surface area contributed by atoms with Gasteiger partial charge in [0.1, 0.15) is 0 Å². The Morgan fingerprint density at radius 2 is 2.11 bits per heavy atom. The number of carboxylic acid groups (broad SMARTS) is 1. The third kappa shape index (κ3) is 4.49. The Labute approximate surface area is 115 Å². The monoisotopic (exact) mass is 313 g/mol. The summed E-state index contributed by atoms with van der Waals surface area (Å²) in [6.07, 6.45) is 0.269. The van der Waals surface area contributed by atoms with Gasteiger partial charge in [0.2, 0.25) is 5.91 Å². The first-order valence-corrected chi connectivity index (χ1v) is 6.44. The van der Waals surface area contributed by atoms with E-state index in [1.807, 2.05) is 25.1 Å². The van der Waals surface area contributed by atoms with E-state index >= 15 is 0 Å². The van der Waals surface area contributed by atoms with Gasteiger partial charge in [-0.05, 0) is 30.2 Å². The van der Waals surface area contributed by atoms with Crippen LogP contribution in [0.15, 0.2) is 22.7 Å². The van der Waals surface area contributed by atoms with Gasteiger partial charge in [0.15, 0.2) is 0 Å². The summed E-state index contributed by atoms with van der Waals surface area (Å²) < 4.78 is 0.976. The molecule has 18 heavy (non-hydrogen) atoms. The molecule has 0 saturated heterocycles. The SMILES string of the molecule is Cc1cc(Br)ccc1CC(=O)NCC(C)C(=O)O. The Hall–Kier alpha value is -1.36. The molecule has 1 aromatic carbocycles. The number of nitrogens with one attached hydrogen (secondary N) is 1. The molecule has 0 radical (unpaired) electrons. The average molecular weight is 314 g/mol. The lowest BCUT2D eigenvalue weighted by Crippen LogP contribution is -2.32. The van der Waals surface area contributed by atoms with Crippen molar-refractivity contribution in [3.8, 4) is 0 Å². The molecule has 1 amide bonds. The first-order valence-electron chi connectivity index (χ1n) is 5.64. The van der Waals surface area contributed by atoms with Crippen LogP contribution in [0.1, 0.15) is 18.1 Å². The van der Waals surface area contributed by atoms with E-state index in [1.54, 1.807) is 6.92 Å². The van der Waals surface area contributed by atoms with Gasteiger partial charge in [0.05, 0.1) is 12.3 Å². The first-order chi connectivity index (χ1) is 8.40. The standard InChI is InChI=1S/C13H16BrNO3/c1-8-5-11(14)4-3-10(8)6-12(16)15-7-9(2)13(17)18/h3-5,9H,6-7H2,1-2H3,(H,15,16)(H,17,18). The maximum Gasteiger partial charge on any atom is 0.308 e. The molecule has 0 bridgehead atoms. The summed E-state index contributed by atoms with van der Waals surface area (Å²) in [5.41, 5.74) is 1.98. The van der Waals surface area contributed by atoms with Crippen LogP contribution in [0, 0.1) is 12.8 Å². The molecule has 98 valence electrons. The van der Waals surface area contributed by atoms with Crippen molar-refractivity contribution in [3.63, 3.8) is 0 Å². The molecule has 0 aliphatic rings. The van der Waals surface area contributed by atoms with Crippen LogP contribution in [0.4, 0.5) is 0 Å². The quantitative estimate of drug-likeness (QED) is 0.875. The maximum absolute atomic E-state index is 11.7. The highest BCUT2D eigenvalue weighted by atomic mass is 79.9. The predicted octanol–water partition coefficient (Wildman–Crippen LogP) is 2.14. The summed E-state index contributed by atoms with van der Waals surface area (Å²) in [6.45, 7) is 3.66. The summed E-state index contributed by atoms with van der Waals surface area (Å²) in [5.74, 6) is -1.64. The molecule has 1 aromatic rings. The van der Waals surface area contributed by atoms with Gasteiger partial charge in [-0.25, -0.2) is 0 Å². The molecule has 0 spiro atoms. The fraction of sp³-hybridized carbons (Fsp3) is 0.385. The third-order valence-electron chi connectivity index (χ3n) is 2.68. The number of aliphatic carboxylic acids is 1. The number of carbonyl (C=O) groups excluding carboxylic acids is 1. The molecule has 4 nitrogen and oxygen atoms in total. The van der Waals surface area contributed by atoms with Crippen molar-refractivity contribution in [2.75, 3.05) is 6.54 Å². The van der Waals surface area contributed by atoms with Crippen molar-refractivity contribution in [3.05, 3.63) is 33.8 Å². The topological polar surface area (TPSA) is 66.4 Å². The largest absolute Gasteiger partial charge is 0.481 e. The van der Waals surface area contributed by atoms with Gasteiger partial charge in [-0.15, -0.1) is 0 Å². The predicted molar refractivity (Wildman–Crippen MR) is 72.4 cm³/mol. The van der Waals surface area contributed by atoms with Crippen LogP contribution in [0.25, 0.3) is 0 Å². The van der Waals surface area contributed by atoms with Crippen molar-refractivity contribution >= 4 is 27.8 Å². The smallest absolute Gasteiger partial charge is 0.308 e. The second-order valence-electron chi connectivity index (χ2n) is 4.29. The van der Waals surface area contributed by atoms with E-state index < -0.39 is 11.9 Å². The lowest BCUT2D eigenvalue weighted by molar-refractivity contribution is -0.141. The summed E-state index contributed by atoms with van der Waals surface area (Å²) in [4.78, 5) is 22.3. The van der Waals surface area contributed by atoms with Crippen LogP contribution in [0.5, 0.6) is 0 Å². The molecule has 1 rings (SSSR count). The minimum Gasteiger partial charge on any atom is -0.481 e. The zero-order valence-corrected chi connectivity index (χ0v) is 12.0. The molecule has 0 fully saturated rings. The van der Waals surface area contributed by atoms with Crippen LogP contribution in [0.2, 0.25) is 0 Å². The van der Waals surface area contributed by atoms with Crippen LogP contribution in [-0.2, 0) is 16.0 Å². The van der Waals surface area contributed by atoms with E-state index in [1.165, 1.54) is 0 Å². The molecule has 0 saturated carbocycles. The number of benzene rings is 1. The second-order valence-corrected chi connectivity index (χ2v) is 5.21. The van der Waals surface area contributed by atoms with E-state index in [9.17, 15) is 9.59 Å². The summed E-state index contributed by atoms with van der Waals surface area (Å²) in [5, 5.41) is 11.3. The molecule has 0 heterocycles. The fourth-order valence-corrected chi connectivity index (χ4v) is 1.92. The number of hydrogen-bond acceptors (Lipinski definition) is 2. The number of hydrogen-bond donors (Lipinski definition) is 2. The second kappa shape index (κ2) is 6.54. The molecule has 0 aliphatic carbocycles. The van der Waals surface area contributed by atoms with E-state index in [4.69, 9.17) is 5.11 Å². The number of amides is 1. The fourth-order valence-electron chi connectivity index (χ4n) is 1.45. The van der Waals surface area contributed by atoms with Gasteiger partial charge in [0.25, 0.3) is 0 Å². The van der Waals surface area contributed by atoms with Crippen LogP contribution < -0.4 is 5.32 Å². The Morgan fingerprint density at radius 1 is 1.44 bits per heavy atom. The minimum absolute atomic E-state index is 0.156. The average Bonchev–Trinajstić information content (AvgIpc) is 2.29. The maximum atomic E-state index is 11.7. The zero-order chi connectivity index (χ0) is 13.7. The highest BCUT2D eigenvalue weighted by Crippen LogP contribution is 2.16. The lowest BCUT2D eigenvalue weighted by atomic mass is 10.1. The summed E-state index contributed by atoms with van der Waals surface area (Å²) in [7, 11) is 0. The van der Waals surface area contributed by atoms with Gasteiger partial charge in [-0.1, -0.05) is 28.9 Å². The number of carboxylic acids is 1. The number of carbonyl (C=O) groups is 2. The van der Waals surface area contributed by atoms with Crippen molar-refractivity contribution < 1.29 is 14.7 Å². The Bertz CT molecular complexity index is 460. The summed E-state index contributed by atoms with van der Waals surface area (Å²) >= 11 is 3.36. The normalized spacial score (nSPS) is 11.9. The number of halogens is 1. The number of aryl methyl sites for hydroxylation is 1. The van der Waals surface area contributed by atoms with E-state index in [-0.39, 0.29) is 18.9 Å². The lowest BCUT2D eigenvalue weighted by Gasteiger charge is -2.10. The minimum atomic E-state index is -0.907. The number of rotatable bonds is 5. The first kappa shape index (κ1) is 14.7. The van der Waals surface area contributed by atoms with E-state index in [0.717, 1.165) is 15.6 Å². The van der Waals surface area contributed by atoms with E-state index in [2.05, 4.69) is 21.2 Å². The zero-order valence-electron chi connectivity index (χ0n) is 10.4. The van der Waals surface area contributed by atoms with Crippen LogP contribution in [-0.4, -0.2) is 23.5 Å². The molecule has 1 unspecified atom stereocenters. The van der Waals surface area contributed by atoms with Crippen LogP contribution in [0.3, 0.4) is 0 Å². The molecule has 0 aliphatic heterocycles. The molecular weight excluding hydrogens is 298 g/mol. The Morgan fingerprint density at radius 3 is 2.67 bits per heavy atom. The van der Waals surface area contributed by atoms with Crippen LogP contribution >= 0.6 is 15.9 Å².